The molecule has 7 heteroatoms. The summed E-state index contributed by atoms with van der Waals surface area (Å²) in [4.78, 5) is 24.2. The lowest BCUT2D eigenvalue weighted by molar-refractivity contribution is 0.0942. The molecule has 4 rings (SSSR count). The molecule has 0 saturated carbocycles. The van der Waals surface area contributed by atoms with Crippen molar-refractivity contribution in [3.63, 3.8) is 0 Å². The van der Waals surface area contributed by atoms with Crippen molar-refractivity contribution in [1.82, 2.24) is 15.3 Å². The van der Waals surface area contributed by atoms with Crippen LogP contribution in [0.1, 0.15) is 34.0 Å². The Morgan fingerprint density at radius 1 is 0.971 bits per heavy atom. The van der Waals surface area contributed by atoms with Crippen molar-refractivity contribution in [2.75, 3.05) is 18.5 Å². The van der Waals surface area contributed by atoms with Gasteiger partial charge in [0.25, 0.3) is 5.91 Å². The Labute approximate surface area is 204 Å². The number of nitrogens with zero attached hydrogens (tertiary/aromatic N) is 3. The van der Waals surface area contributed by atoms with Gasteiger partial charge in [0.05, 0.1) is 17.4 Å². The van der Waals surface area contributed by atoms with Gasteiger partial charge in [-0.15, -0.1) is 0 Å². The molecular formula is C28H28N4O3. The summed E-state index contributed by atoms with van der Waals surface area (Å²) in [6.45, 7) is 0.903. The highest BCUT2D eigenvalue weighted by atomic mass is 16.3. The van der Waals surface area contributed by atoms with Crippen molar-refractivity contribution in [3.05, 3.63) is 108 Å². The maximum absolute atomic E-state index is 13.1. The smallest absolute Gasteiger partial charge is 0.255 e. The van der Waals surface area contributed by atoms with Crippen molar-refractivity contribution in [3.8, 4) is 17.0 Å². The fourth-order valence-corrected chi connectivity index (χ4v) is 3.75. The summed E-state index contributed by atoms with van der Waals surface area (Å²) in [7, 11) is 1.92. The summed E-state index contributed by atoms with van der Waals surface area (Å²) in [6.07, 6.45) is 1.13. The summed E-state index contributed by atoms with van der Waals surface area (Å²) in [5, 5.41) is 22.7. The van der Waals surface area contributed by atoms with Crippen LogP contribution in [-0.2, 0) is 6.54 Å². The average molecular weight is 469 g/mol. The molecule has 35 heavy (non-hydrogen) atoms. The molecular weight excluding hydrogens is 440 g/mol. The lowest BCUT2D eigenvalue weighted by Crippen LogP contribution is -2.27. The van der Waals surface area contributed by atoms with Crippen molar-refractivity contribution in [2.24, 2.45) is 0 Å². The van der Waals surface area contributed by atoms with E-state index in [0.29, 0.717) is 35.7 Å². The van der Waals surface area contributed by atoms with Crippen molar-refractivity contribution < 1.29 is 15.0 Å². The number of aromatic hydroxyl groups is 1. The van der Waals surface area contributed by atoms with Crippen LogP contribution >= 0.6 is 0 Å². The first-order chi connectivity index (χ1) is 17.0. The van der Waals surface area contributed by atoms with Gasteiger partial charge < -0.3 is 20.4 Å². The minimum Gasteiger partial charge on any atom is -0.508 e. The maximum atomic E-state index is 13.1. The molecule has 0 aliphatic heterocycles. The molecule has 0 fully saturated rings. The van der Waals surface area contributed by atoms with E-state index in [1.807, 2.05) is 72.6 Å². The highest BCUT2D eigenvalue weighted by Crippen LogP contribution is 2.24. The number of amides is 1. The third kappa shape index (κ3) is 6.22. The minimum atomic E-state index is -0.755. The van der Waals surface area contributed by atoms with Gasteiger partial charge in [-0.3, -0.25) is 4.79 Å². The van der Waals surface area contributed by atoms with Crippen LogP contribution in [-0.4, -0.2) is 39.7 Å². The van der Waals surface area contributed by atoms with Gasteiger partial charge in [0.2, 0.25) is 5.95 Å². The average Bonchev–Trinajstić information content (AvgIpc) is 2.89. The number of aliphatic hydroxyl groups is 1. The number of hydrogen-bond acceptors (Lipinski definition) is 6. The first-order valence-corrected chi connectivity index (χ1v) is 11.4. The van der Waals surface area contributed by atoms with E-state index in [-0.39, 0.29) is 18.2 Å². The van der Waals surface area contributed by atoms with Crippen molar-refractivity contribution in [2.45, 2.75) is 19.1 Å². The van der Waals surface area contributed by atoms with Crippen LogP contribution < -0.4 is 10.2 Å². The number of aromatic nitrogens is 2. The van der Waals surface area contributed by atoms with Crippen molar-refractivity contribution in [1.29, 1.82) is 0 Å². The Kier molecular flexibility index (Phi) is 7.70. The fraction of sp³-hybridized carbons (Fsp3) is 0.179. The first-order valence-electron chi connectivity index (χ1n) is 11.4. The summed E-state index contributed by atoms with van der Waals surface area (Å²) in [5.74, 6) is 0.353. The fourth-order valence-electron chi connectivity index (χ4n) is 3.75. The van der Waals surface area contributed by atoms with E-state index in [1.54, 1.807) is 18.3 Å². The number of carbonyl (C=O) groups is 1. The molecule has 0 bridgehead atoms. The molecule has 3 N–H and O–H groups in total. The second-order valence-electron chi connectivity index (χ2n) is 8.29. The zero-order valence-electron chi connectivity index (χ0n) is 19.5. The Morgan fingerprint density at radius 3 is 2.31 bits per heavy atom. The minimum absolute atomic E-state index is 0.139. The summed E-state index contributed by atoms with van der Waals surface area (Å²) >= 11 is 0. The highest BCUT2D eigenvalue weighted by molar-refractivity contribution is 5.99. The lowest BCUT2D eigenvalue weighted by Gasteiger charge is -2.19. The van der Waals surface area contributed by atoms with Crippen LogP contribution in [0.5, 0.6) is 5.75 Å². The van der Waals surface area contributed by atoms with E-state index in [2.05, 4.69) is 10.3 Å². The zero-order chi connectivity index (χ0) is 24.6. The predicted octanol–water partition coefficient (Wildman–Crippen LogP) is 4.34. The SMILES string of the molecule is CN(Cc1ccccc1)c1ncc(C(=O)NCCC(O)c2ccc(O)cc2)c(-c2ccccc2)n1. The summed E-state index contributed by atoms with van der Waals surface area (Å²) < 4.78 is 0. The van der Waals surface area contributed by atoms with Gasteiger partial charge in [0.1, 0.15) is 5.75 Å². The molecule has 0 spiro atoms. The predicted molar refractivity (Wildman–Crippen MR) is 136 cm³/mol. The maximum Gasteiger partial charge on any atom is 0.255 e. The van der Waals surface area contributed by atoms with E-state index in [1.165, 1.54) is 12.1 Å². The molecule has 3 aromatic carbocycles. The van der Waals surface area contributed by atoms with Crippen LogP contribution in [0.4, 0.5) is 5.95 Å². The standard InChI is InChI=1S/C28H28N4O3/c1-32(19-20-8-4-2-5-9-20)28-30-18-24(26(31-28)22-10-6-3-7-11-22)27(35)29-17-16-25(34)21-12-14-23(33)15-13-21/h2-15,18,25,33-34H,16-17,19H2,1H3,(H,29,35). The van der Waals surface area contributed by atoms with Crippen molar-refractivity contribution >= 4 is 11.9 Å². The van der Waals surface area contributed by atoms with Gasteiger partial charge in [-0.2, -0.15) is 0 Å². The molecule has 178 valence electrons. The number of anilines is 1. The van der Waals surface area contributed by atoms with Crippen LogP contribution in [0.25, 0.3) is 11.3 Å². The third-order valence-electron chi connectivity index (χ3n) is 5.65. The number of benzene rings is 3. The van der Waals surface area contributed by atoms with Gasteiger partial charge in [0, 0.05) is 31.9 Å². The Balaban J connectivity index is 1.49. The molecule has 0 aliphatic carbocycles. The molecule has 4 aromatic rings. The van der Waals surface area contributed by atoms with Gasteiger partial charge in [-0.1, -0.05) is 72.8 Å². The summed E-state index contributed by atoms with van der Waals surface area (Å²) in [5.41, 5.74) is 3.54. The quantitative estimate of drug-likeness (QED) is 0.338. The molecule has 0 saturated heterocycles. The second kappa shape index (κ2) is 11.3. The lowest BCUT2D eigenvalue weighted by atomic mass is 10.1. The third-order valence-corrected chi connectivity index (χ3v) is 5.65. The molecule has 1 amide bonds. The second-order valence-corrected chi connectivity index (χ2v) is 8.29. The number of phenolic OH excluding ortho intramolecular Hbond substituents is 1. The molecule has 1 unspecified atom stereocenters. The largest absolute Gasteiger partial charge is 0.508 e. The van der Waals surface area contributed by atoms with Crippen LogP contribution in [0.2, 0.25) is 0 Å². The van der Waals surface area contributed by atoms with Crippen LogP contribution in [0.15, 0.2) is 91.1 Å². The van der Waals surface area contributed by atoms with Crippen LogP contribution in [0, 0.1) is 0 Å². The Morgan fingerprint density at radius 2 is 1.63 bits per heavy atom. The Bertz CT molecular complexity index is 1250. The summed E-state index contributed by atoms with van der Waals surface area (Å²) in [6, 6.07) is 26.0. The number of hydrogen-bond donors (Lipinski definition) is 3. The number of nitrogens with one attached hydrogen (secondary N) is 1. The number of carbonyl (C=O) groups excluding carboxylic acids is 1. The highest BCUT2D eigenvalue weighted by Gasteiger charge is 2.18. The van der Waals surface area contributed by atoms with E-state index >= 15 is 0 Å². The Hall–Kier alpha value is -4.23. The monoisotopic (exact) mass is 468 g/mol. The molecule has 1 aromatic heterocycles. The first kappa shape index (κ1) is 23.9. The number of phenols is 1. The zero-order valence-corrected chi connectivity index (χ0v) is 19.5. The van der Waals surface area contributed by atoms with Gasteiger partial charge in [-0.05, 0) is 29.7 Å². The molecule has 7 nitrogen and oxygen atoms in total. The van der Waals surface area contributed by atoms with Gasteiger partial charge in [0.15, 0.2) is 0 Å². The molecule has 0 aliphatic rings. The molecule has 1 atom stereocenters. The molecule has 0 radical (unpaired) electrons. The molecule has 1 heterocycles. The van der Waals surface area contributed by atoms with E-state index in [0.717, 1.165) is 11.1 Å². The normalized spacial score (nSPS) is 11.6. The van der Waals surface area contributed by atoms with E-state index in [9.17, 15) is 15.0 Å². The topological polar surface area (TPSA) is 98.6 Å². The number of aliphatic hydroxyl groups excluding tert-OH is 1. The van der Waals surface area contributed by atoms with E-state index < -0.39 is 6.10 Å². The van der Waals surface area contributed by atoms with Gasteiger partial charge >= 0.3 is 0 Å². The van der Waals surface area contributed by atoms with Gasteiger partial charge in [-0.25, -0.2) is 9.97 Å². The number of rotatable bonds is 9. The van der Waals surface area contributed by atoms with Crippen LogP contribution in [0.3, 0.4) is 0 Å². The van der Waals surface area contributed by atoms with E-state index in [4.69, 9.17) is 4.98 Å².